The average Bonchev–Trinajstić information content (AvgIpc) is 3.34. The normalized spacial score (nSPS) is 14.0. The largest absolute Gasteiger partial charge is 0.373 e. The minimum absolute atomic E-state index is 0.180. The van der Waals surface area contributed by atoms with Crippen molar-refractivity contribution in [3.8, 4) is 0 Å². The second kappa shape index (κ2) is 11.4. The van der Waals surface area contributed by atoms with Crippen LogP contribution in [0.25, 0.3) is 11.2 Å². The van der Waals surface area contributed by atoms with E-state index in [1.807, 2.05) is 0 Å². The zero-order valence-corrected chi connectivity index (χ0v) is 19.0. The first-order valence-electron chi connectivity index (χ1n) is 11.6. The fourth-order valence-electron chi connectivity index (χ4n) is 4.03. The lowest BCUT2D eigenvalue weighted by Gasteiger charge is -2.23. The number of nitrogens with zero attached hydrogens (tertiary/aromatic N) is 3. The number of carbonyl (C=O) groups excluding carboxylic acids is 2. The highest BCUT2D eigenvalue weighted by Gasteiger charge is 2.17. The lowest BCUT2D eigenvalue weighted by molar-refractivity contribution is -0.144. The Morgan fingerprint density at radius 2 is 1.88 bits per heavy atom. The van der Waals surface area contributed by atoms with Crippen LogP contribution in [0.4, 0.5) is 17.5 Å². The Morgan fingerprint density at radius 1 is 1.09 bits per heavy atom. The van der Waals surface area contributed by atoms with Crippen molar-refractivity contribution in [2.75, 3.05) is 17.2 Å². The summed E-state index contributed by atoms with van der Waals surface area (Å²) in [5.74, 6) is 5.34. The summed E-state index contributed by atoms with van der Waals surface area (Å²) in [6.07, 6.45) is 9.10. The molecule has 4 rings (SSSR count). The van der Waals surface area contributed by atoms with Crippen LogP contribution in [0, 0.1) is 0 Å². The lowest BCUT2D eigenvalue weighted by atomic mass is 9.95. The molecule has 1 aromatic carbocycles. The molecule has 3 aromatic rings. The van der Waals surface area contributed by atoms with E-state index in [1.54, 1.807) is 30.6 Å². The van der Waals surface area contributed by atoms with Gasteiger partial charge in [-0.05, 0) is 49.9 Å². The number of nitrogens with one attached hydrogen (secondary N) is 4. The third kappa shape index (κ3) is 6.19. The number of amides is 1. The number of benzene rings is 1. The minimum Gasteiger partial charge on any atom is -0.373 e. The number of unbranched alkanes of at least 4 members (excludes halogenated alkanes) is 1. The Balaban J connectivity index is 1.35. The van der Waals surface area contributed by atoms with Crippen molar-refractivity contribution < 1.29 is 14.4 Å². The monoisotopic (exact) mass is 466 g/mol. The summed E-state index contributed by atoms with van der Waals surface area (Å²) in [4.78, 5) is 44.0. The number of rotatable bonds is 10. The summed E-state index contributed by atoms with van der Waals surface area (Å²) in [5.41, 5.74) is 2.68. The van der Waals surface area contributed by atoms with E-state index in [2.05, 4.69) is 40.7 Å². The number of hydrogen-bond donors (Lipinski definition) is 5. The molecule has 11 heteroatoms. The van der Waals surface area contributed by atoms with Gasteiger partial charge < -0.3 is 25.8 Å². The summed E-state index contributed by atoms with van der Waals surface area (Å²) in [6, 6.07) is 7.47. The van der Waals surface area contributed by atoms with Crippen LogP contribution in [-0.4, -0.2) is 44.4 Å². The van der Waals surface area contributed by atoms with E-state index in [1.165, 1.54) is 19.3 Å². The highest BCUT2D eigenvalue weighted by atomic mass is 16.7. The zero-order valence-electron chi connectivity index (χ0n) is 19.0. The standard InChI is InChI=1S/C23H30N8O3/c24-34-18(32)8-4-5-13-25-22(33)15-9-11-17(12-10-15)29-23-30-20-19(26-14-27-20)21(31-23)28-16-6-2-1-3-7-16/h9-12,14,16H,1-8,13,24H2,(H,25,33)(H3,26,27,28,29,30,31). The number of aromatic nitrogens is 4. The smallest absolute Gasteiger partial charge is 0.324 e. The average molecular weight is 467 g/mol. The Bertz CT molecular complexity index is 1110. The quantitative estimate of drug-likeness (QED) is 0.223. The predicted molar refractivity (Wildman–Crippen MR) is 128 cm³/mol. The topological polar surface area (TPSA) is 160 Å². The maximum atomic E-state index is 12.3. The molecule has 0 atom stereocenters. The highest BCUT2D eigenvalue weighted by Crippen LogP contribution is 2.26. The molecule has 11 nitrogen and oxygen atoms in total. The molecule has 1 amide bonds. The molecule has 180 valence electrons. The fraction of sp³-hybridized carbons (Fsp3) is 0.435. The van der Waals surface area contributed by atoms with E-state index in [-0.39, 0.29) is 12.3 Å². The molecule has 0 unspecified atom stereocenters. The SMILES string of the molecule is NOC(=O)CCCCNC(=O)c1ccc(Nc2nc(NC3CCCCC3)c3[nH]cnc3n2)cc1. The van der Waals surface area contributed by atoms with Crippen molar-refractivity contribution in [3.63, 3.8) is 0 Å². The molecule has 0 spiro atoms. The van der Waals surface area contributed by atoms with Crippen molar-refractivity contribution in [2.45, 2.75) is 57.4 Å². The second-order valence-corrected chi connectivity index (χ2v) is 8.38. The number of anilines is 3. The van der Waals surface area contributed by atoms with Gasteiger partial charge in [0.25, 0.3) is 5.91 Å². The first-order chi connectivity index (χ1) is 16.6. The maximum Gasteiger partial charge on any atom is 0.324 e. The number of imidazole rings is 1. The van der Waals surface area contributed by atoms with Crippen molar-refractivity contribution in [1.82, 2.24) is 25.3 Å². The van der Waals surface area contributed by atoms with Gasteiger partial charge >= 0.3 is 5.97 Å². The van der Waals surface area contributed by atoms with Gasteiger partial charge in [0, 0.05) is 30.3 Å². The number of aromatic amines is 1. The molecule has 0 aliphatic heterocycles. The van der Waals surface area contributed by atoms with E-state index in [4.69, 9.17) is 5.90 Å². The summed E-state index contributed by atoms with van der Waals surface area (Å²) in [5, 5.41) is 9.59. The van der Waals surface area contributed by atoms with E-state index in [9.17, 15) is 9.59 Å². The molecule has 0 bridgehead atoms. The van der Waals surface area contributed by atoms with Crippen LogP contribution in [0.2, 0.25) is 0 Å². The summed E-state index contributed by atoms with van der Waals surface area (Å²) in [7, 11) is 0. The predicted octanol–water partition coefficient (Wildman–Crippen LogP) is 3.16. The molecular formula is C23H30N8O3. The van der Waals surface area contributed by atoms with Gasteiger partial charge in [-0.2, -0.15) is 15.9 Å². The van der Waals surface area contributed by atoms with Gasteiger partial charge in [0.2, 0.25) is 5.95 Å². The van der Waals surface area contributed by atoms with Gasteiger partial charge in [0.05, 0.1) is 6.33 Å². The van der Waals surface area contributed by atoms with Gasteiger partial charge in [-0.15, -0.1) is 0 Å². The van der Waals surface area contributed by atoms with Crippen molar-refractivity contribution >= 4 is 40.5 Å². The summed E-state index contributed by atoms with van der Waals surface area (Å²) >= 11 is 0. The van der Waals surface area contributed by atoms with Gasteiger partial charge in [-0.25, -0.2) is 4.98 Å². The minimum atomic E-state index is -0.457. The van der Waals surface area contributed by atoms with E-state index < -0.39 is 5.97 Å². The van der Waals surface area contributed by atoms with Crippen LogP contribution in [0.15, 0.2) is 30.6 Å². The molecule has 1 saturated carbocycles. The van der Waals surface area contributed by atoms with Crippen LogP contribution < -0.4 is 21.8 Å². The Morgan fingerprint density at radius 3 is 2.65 bits per heavy atom. The first-order valence-corrected chi connectivity index (χ1v) is 11.6. The van der Waals surface area contributed by atoms with Crippen molar-refractivity contribution in [2.24, 2.45) is 5.90 Å². The third-order valence-electron chi connectivity index (χ3n) is 5.86. The van der Waals surface area contributed by atoms with Crippen molar-refractivity contribution in [3.05, 3.63) is 36.2 Å². The van der Waals surface area contributed by atoms with E-state index in [0.717, 1.165) is 29.9 Å². The second-order valence-electron chi connectivity index (χ2n) is 8.38. The molecule has 2 heterocycles. The fourth-order valence-corrected chi connectivity index (χ4v) is 4.03. The number of fused-ring (bicyclic) bond motifs is 1. The van der Waals surface area contributed by atoms with Crippen LogP contribution in [0.1, 0.15) is 61.7 Å². The van der Waals surface area contributed by atoms with Crippen molar-refractivity contribution in [1.29, 1.82) is 0 Å². The Hall–Kier alpha value is -3.73. The van der Waals surface area contributed by atoms with Gasteiger partial charge in [0.1, 0.15) is 5.52 Å². The maximum absolute atomic E-state index is 12.3. The summed E-state index contributed by atoms with van der Waals surface area (Å²) < 4.78 is 0. The van der Waals surface area contributed by atoms with Crippen LogP contribution in [-0.2, 0) is 9.63 Å². The number of carbonyl (C=O) groups is 2. The van der Waals surface area contributed by atoms with Crippen LogP contribution >= 0.6 is 0 Å². The van der Waals surface area contributed by atoms with Gasteiger partial charge in [0.15, 0.2) is 11.5 Å². The molecule has 0 saturated heterocycles. The highest BCUT2D eigenvalue weighted by molar-refractivity contribution is 5.94. The van der Waals surface area contributed by atoms with Crippen LogP contribution in [0.3, 0.4) is 0 Å². The number of nitrogens with two attached hydrogens (primary N) is 1. The Labute approximate surface area is 197 Å². The molecule has 1 fully saturated rings. The molecule has 0 radical (unpaired) electrons. The molecular weight excluding hydrogens is 436 g/mol. The number of H-pyrrole nitrogens is 1. The molecule has 6 N–H and O–H groups in total. The van der Waals surface area contributed by atoms with Gasteiger partial charge in [-0.3, -0.25) is 9.59 Å². The number of hydrogen-bond acceptors (Lipinski definition) is 9. The molecule has 1 aliphatic rings. The summed E-state index contributed by atoms with van der Waals surface area (Å²) in [6.45, 7) is 0.463. The van der Waals surface area contributed by atoms with Gasteiger partial charge in [-0.1, -0.05) is 19.3 Å². The zero-order chi connectivity index (χ0) is 23.8. The van der Waals surface area contributed by atoms with Crippen LogP contribution in [0.5, 0.6) is 0 Å². The van der Waals surface area contributed by atoms with E-state index >= 15 is 0 Å². The third-order valence-corrected chi connectivity index (χ3v) is 5.86. The Kier molecular flexibility index (Phi) is 7.87. The first kappa shape index (κ1) is 23.4. The van der Waals surface area contributed by atoms with E-state index in [0.29, 0.717) is 42.6 Å². The molecule has 1 aliphatic carbocycles. The lowest BCUT2D eigenvalue weighted by Crippen LogP contribution is -2.24. The molecule has 2 aromatic heterocycles. The molecule has 34 heavy (non-hydrogen) atoms.